The molecule has 1 aliphatic heterocycles. The molecule has 0 spiro atoms. The van der Waals surface area contributed by atoms with E-state index in [2.05, 4.69) is 30.5 Å². The average Bonchev–Trinajstić information content (AvgIpc) is 3.57. The monoisotopic (exact) mass is 460 g/mol. The molecular formula is C23H24N8O3. The first-order chi connectivity index (χ1) is 16.3. The second-order valence-corrected chi connectivity index (χ2v) is 8.37. The maximum Gasteiger partial charge on any atom is 0.262 e. The molecule has 0 aliphatic carbocycles. The van der Waals surface area contributed by atoms with Gasteiger partial charge in [0.25, 0.3) is 5.91 Å². The molecule has 11 nitrogen and oxygen atoms in total. The molecule has 0 unspecified atom stereocenters. The predicted octanol–water partition coefficient (Wildman–Crippen LogP) is 2.15. The number of aryl methyl sites for hydroxylation is 1. The van der Waals surface area contributed by atoms with Gasteiger partial charge in [-0.1, -0.05) is 11.2 Å². The fourth-order valence-electron chi connectivity index (χ4n) is 3.90. The highest BCUT2D eigenvalue weighted by Gasteiger charge is 2.48. The van der Waals surface area contributed by atoms with Crippen molar-refractivity contribution in [2.45, 2.75) is 25.0 Å². The number of rotatable bonds is 6. The minimum Gasteiger partial charge on any atom is -0.373 e. The van der Waals surface area contributed by atoms with E-state index in [1.54, 1.807) is 36.1 Å². The van der Waals surface area contributed by atoms with E-state index in [1.165, 1.54) is 4.90 Å². The van der Waals surface area contributed by atoms with Crippen LogP contribution in [0.3, 0.4) is 0 Å². The third-order valence-corrected chi connectivity index (χ3v) is 5.88. The summed E-state index contributed by atoms with van der Waals surface area (Å²) in [7, 11) is 3.51. The molecular weight excluding hydrogens is 436 g/mol. The molecule has 4 aromatic rings. The second-order valence-electron chi connectivity index (χ2n) is 8.37. The Labute approximate surface area is 195 Å². The largest absolute Gasteiger partial charge is 0.373 e. The van der Waals surface area contributed by atoms with E-state index in [4.69, 9.17) is 4.52 Å². The Bertz CT molecular complexity index is 1350. The van der Waals surface area contributed by atoms with Crippen molar-refractivity contribution in [3.8, 4) is 22.8 Å². The Morgan fingerprint density at radius 2 is 1.88 bits per heavy atom. The van der Waals surface area contributed by atoms with Crippen LogP contribution in [-0.4, -0.2) is 59.4 Å². The molecule has 1 saturated heterocycles. The highest BCUT2D eigenvalue weighted by atomic mass is 16.5. The van der Waals surface area contributed by atoms with Crippen LogP contribution in [0.5, 0.6) is 0 Å². The molecule has 34 heavy (non-hydrogen) atoms. The van der Waals surface area contributed by atoms with E-state index in [9.17, 15) is 9.90 Å². The van der Waals surface area contributed by atoms with Crippen LogP contribution in [0.2, 0.25) is 0 Å². The van der Waals surface area contributed by atoms with Crippen LogP contribution < -0.4 is 5.32 Å². The topological polar surface area (TPSA) is 135 Å². The first kappa shape index (κ1) is 21.7. The lowest BCUT2D eigenvalue weighted by atomic mass is 9.98. The van der Waals surface area contributed by atoms with Crippen molar-refractivity contribution in [2.24, 2.45) is 7.05 Å². The molecule has 5 rings (SSSR count). The molecule has 174 valence electrons. The molecule has 0 radical (unpaired) electrons. The van der Waals surface area contributed by atoms with Gasteiger partial charge in [-0.2, -0.15) is 5.10 Å². The Hall–Kier alpha value is -4.12. The van der Waals surface area contributed by atoms with E-state index in [0.29, 0.717) is 35.3 Å². The van der Waals surface area contributed by atoms with Crippen molar-refractivity contribution in [3.63, 3.8) is 0 Å². The van der Waals surface area contributed by atoms with Crippen molar-refractivity contribution in [3.05, 3.63) is 60.2 Å². The molecule has 2 atom stereocenters. The first-order valence-electron chi connectivity index (χ1n) is 10.9. The smallest absolute Gasteiger partial charge is 0.262 e. The summed E-state index contributed by atoms with van der Waals surface area (Å²) in [5, 5.41) is 22.5. The lowest BCUT2D eigenvalue weighted by molar-refractivity contribution is -0.144. The summed E-state index contributed by atoms with van der Waals surface area (Å²) in [6, 6.07) is 10.6. The Morgan fingerprint density at radius 1 is 1.12 bits per heavy atom. The standard InChI is InChI=1S/C23H24N8O3/c1-14(15-8-11-31(3)28-15)25-22-24-10-7-18(27-22)16-5-4-6-17(26-16)19-13-20(34-29-19)23(33)9-12-30(2)21(23)32/h4-8,10-11,13-14,33H,9,12H2,1-3H3,(H,24,25,27)/t14-,23+/m0/s1. The molecule has 0 aromatic carbocycles. The zero-order valence-corrected chi connectivity index (χ0v) is 19.0. The number of hydrogen-bond donors (Lipinski definition) is 2. The number of aliphatic hydroxyl groups is 1. The summed E-state index contributed by atoms with van der Waals surface area (Å²) in [6.45, 7) is 2.43. The molecule has 1 aliphatic rings. The van der Waals surface area contributed by atoms with Crippen molar-refractivity contribution >= 4 is 11.9 Å². The number of aromatic nitrogens is 6. The molecule has 0 bridgehead atoms. The molecule has 5 heterocycles. The number of hydrogen-bond acceptors (Lipinski definition) is 9. The van der Waals surface area contributed by atoms with Gasteiger partial charge in [-0.05, 0) is 31.2 Å². The molecule has 1 fully saturated rings. The van der Waals surface area contributed by atoms with Gasteiger partial charge in [0, 0.05) is 45.5 Å². The predicted molar refractivity (Wildman–Crippen MR) is 122 cm³/mol. The SMILES string of the molecule is C[C@H](Nc1nccc(-c2cccc(-c3cc([C@]4(O)CCN(C)C4=O)on3)n2)n1)c1ccn(C)n1. The highest BCUT2D eigenvalue weighted by molar-refractivity contribution is 5.87. The molecule has 2 N–H and O–H groups in total. The summed E-state index contributed by atoms with van der Waals surface area (Å²) in [5.41, 5.74) is 1.38. The second kappa shape index (κ2) is 8.34. The van der Waals surface area contributed by atoms with E-state index in [0.717, 1.165) is 5.69 Å². The number of pyridine rings is 1. The summed E-state index contributed by atoms with van der Waals surface area (Å²) in [4.78, 5) is 27.4. The number of likely N-dealkylation sites (N-methyl/N-ethyl adjacent to an activating group) is 1. The third kappa shape index (κ3) is 3.90. The van der Waals surface area contributed by atoms with E-state index < -0.39 is 11.5 Å². The van der Waals surface area contributed by atoms with Crippen LogP contribution >= 0.6 is 0 Å². The van der Waals surface area contributed by atoms with E-state index in [1.807, 2.05) is 38.4 Å². The summed E-state index contributed by atoms with van der Waals surface area (Å²) in [5.74, 6) is 0.164. The van der Waals surface area contributed by atoms with Gasteiger partial charge in [-0.25, -0.2) is 15.0 Å². The molecule has 11 heteroatoms. The van der Waals surface area contributed by atoms with Crippen molar-refractivity contribution in [1.82, 2.24) is 34.8 Å². The van der Waals surface area contributed by atoms with Crippen molar-refractivity contribution in [1.29, 1.82) is 0 Å². The van der Waals surface area contributed by atoms with Crippen molar-refractivity contribution < 1.29 is 14.4 Å². The minimum absolute atomic E-state index is 0.0764. The average molecular weight is 460 g/mol. The van der Waals surface area contributed by atoms with Crippen molar-refractivity contribution in [2.75, 3.05) is 18.9 Å². The van der Waals surface area contributed by atoms with Gasteiger partial charge in [0.05, 0.1) is 28.8 Å². The van der Waals surface area contributed by atoms with Crippen LogP contribution in [0.25, 0.3) is 22.8 Å². The van der Waals surface area contributed by atoms with Crippen LogP contribution in [0.4, 0.5) is 5.95 Å². The number of carbonyl (C=O) groups excluding carboxylic acids is 1. The fourth-order valence-corrected chi connectivity index (χ4v) is 3.90. The van der Waals surface area contributed by atoms with E-state index >= 15 is 0 Å². The van der Waals surface area contributed by atoms with Crippen LogP contribution in [0, 0.1) is 0 Å². The van der Waals surface area contributed by atoms with Crippen LogP contribution in [0.15, 0.2) is 53.3 Å². The summed E-state index contributed by atoms with van der Waals surface area (Å²) >= 11 is 0. The van der Waals surface area contributed by atoms with Crippen LogP contribution in [0.1, 0.15) is 30.8 Å². The number of nitrogens with zero attached hydrogens (tertiary/aromatic N) is 7. The fraction of sp³-hybridized carbons (Fsp3) is 0.304. The molecule has 1 amide bonds. The van der Waals surface area contributed by atoms with Gasteiger partial charge in [0.1, 0.15) is 5.69 Å². The van der Waals surface area contributed by atoms with E-state index in [-0.39, 0.29) is 18.2 Å². The number of amides is 1. The maximum absolute atomic E-state index is 12.4. The highest BCUT2D eigenvalue weighted by Crippen LogP contribution is 2.34. The normalized spacial score (nSPS) is 18.9. The number of anilines is 1. The molecule has 0 saturated carbocycles. The van der Waals surface area contributed by atoms with Gasteiger partial charge >= 0.3 is 0 Å². The lowest BCUT2D eigenvalue weighted by Gasteiger charge is -2.16. The van der Waals surface area contributed by atoms with Gasteiger partial charge in [0.15, 0.2) is 5.76 Å². The Balaban J connectivity index is 1.38. The van der Waals surface area contributed by atoms with Gasteiger partial charge in [-0.15, -0.1) is 0 Å². The summed E-state index contributed by atoms with van der Waals surface area (Å²) in [6.07, 6.45) is 3.79. The minimum atomic E-state index is -1.70. The van der Waals surface area contributed by atoms with Gasteiger partial charge in [0.2, 0.25) is 11.5 Å². The quantitative estimate of drug-likeness (QED) is 0.444. The Kier molecular flexibility index (Phi) is 5.33. The van der Waals surface area contributed by atoms with Crippen LogP contribution in [-0.2, 0) is 17.4 Å². The number of nitrogens with one attached hydrogen (secondary N) is 1. The van der Waals surface area contributed by atoms with Gasteiger partial charge in [-0.3, -0.25) is 9.48 Å². The zero-order valence-electron chi connectivity index (χ0n) is 19.0. The third-order valence-electron chi connectivity index (χ3n) is 5.88. The number of carbonyl (C=O) groups is 1. The molecule has 4 aromatic heterocycles. The Morgan fingerprint density at radius 3 is 2.59 bits per heavy atom. The zero-order chi connectivity index (χ0) is 23.9. The maximum atomic E-state index is 12.4. The lowest BCUT2D eigenvalue weighted by Crippen LogP contribution is -2.35. The first-order valence-corrected chi connectivity index (χ1v) is 10.9. The summed E-state index contributed by atoms with van der Waals surface area (Å²) < 4.78 is 7.09. The number of likely N-dealkylation sites (tertiary alicyclic amines) is 1. The van der Waals surface area contributed by atoms with Gasteiger partial charge < -0.3 is 19.8 Å².